The number of ether oxygens (including phenoxy) is 4. The quantitative estimate of drug-likeness (QED) is 0.188. The average Bonchev–Trinajstić information content (AvgIpc) is 2.97. The van der Waals surface area contributed by atoms with E-state index in [-0.39, 0.29) is 12.3 Å². The average molecular weight is 583 g/mol. The Morgan fingerprint density at radius 3 is 1.91 bits per heavy atom. The highest BCUT2D eigenvalue weighted by atomic mass is 16.6. The van der Waals surface area contributed by atoms with E-state index in [2.05, 4.69) is 10.6 Å². The van der Waals surface area contributed by atoms with Crippen molar-refractivity contribution in [3.63, 3.8) is 0 Å². The number of esters is 1. The molecule has 0 aromatic heterocycles. The molecular weight excluding hydrogens is 548 g/mol. The molecule has 0 saturated heterocycles. The topological polar surface area (TPSA) is 112 Å². The van der Waals surface area contributed by atoms with E-state index < -0.39 is 17.7 Å². The molecule has 0 radical (unpaired) electrons. The Kier molecular flexibility index (Phi) is 10.0. The molecule has 0 unspecified atom stereocenters. The van der Waals surface area contributed by atoms with Gasteiger partial charge in [0.05, 0.1) is 24.8 Å². The number of amides is 2. The summed E-state index contributed by atoms with van der Waals surface area (Å²) in [4.78, 5) is 36.4. The predicted molar refractivity (Wildman–Crippen MR) is 164 cm³/mol. The monoisotopic (exact) mass is 582 g/mol. The fourth-order valence-electron chi connectivity index (χ4n) is 3.95. The first kappa shape index (κ1) is 30.6. The van der Waals surface area contributed by atoms with Gasteiger partial charge in [0.1, 0.15) is 29.5 Å². The summed E-state index contributed by atoms with van der Waals surface area (Å²) in [6.45, 7) is 5.79. The van der Waals surface area contributed by atoms with Gasteiger partial charge in [0.25, 0.3) is 0 Å². The van der Waals surface area contributed by atoms with Crippen molar-refractivity contribution in [1.29, 1.82) is 0 Å². The van der Waals surface area contributed by atoms with E-state index in [1.54, 1.807) is 48.5 Å². The maximum Gasteiger partial charge on any atom is 0.412 e. The number of hydrogen-bond acceptors (Lipinski definition) is 7. The van der Waals surface area contributed by atoms with Crippen molar-refractivity contribution < 1.29 is 33.3 Å². The molecule has 9 nitrogen and oxygen atoms in total. The third-order valence-corrected chi connectivity index (χ3v) is 5.96. The molecule has 0 fully saturated rings. The molecule has 2 N–H and O–H groups in total. The first-order chi connectivity index (χ1) is 20.6. The van der Waals surface area contributed by atoms with E-state index in [0.29, 0.717) is 40.8 Å². The summed E-state index contributed by atoms with van der Waals surface area (Å²) in [6, 6.07) is 28.5. The SMILES string of the molecule is COC(=O)c1ccccc1NC(=O)Cc1ccc(Oc2ccc(OCc3ccc(NC(=O)OC(C)(C)C)cc3)cc2)cc1. The Balaban J connectivity index is 1.24. The van der Waals surface area contributed by atoms with Crippen LogP contribution in [-0.4, -0.2) is 30.7 Å². The molecular formula is C34H34N2O7. The third kappa shape index (κ3) is 9.64. The summed E-state index contributed by atoms with van der Waals surface area (Å²) in [7, 11) is 1.30. The van der Waals surface area contributed by atoms with Crippen molar-refractivity contribution in [3.05, 3.63) is 114 Å². The number of para-hydroxylation sites is 1. The lowest BCUT2D eigenvalue weighted by molar-refractivity contribution is -0.115. The molecule has 0 spiro atoms. The smallest absolute Gasteiger partial charge is 0.412 e. The lowest BCUT2D eigenvalue weighted by Gasteiger charge is -2.19. The molecule has 0 aliphatic carbocycles. The molecule has 222 valence electrons. The van der Waals surface area contributed by atoms with Gasteiger partial charge in [0, 0.05) is 5.69 Å². The van der Waals surface area contributed by atoms with Crippen LogP contribution >= 0.6 is 0 Å². The van der Waals surface area contributed by atoms with Gasteiger partial charge in [0.15, 0.2) is 0 Å². The van der Waals surface area contributed by atoms with Crippen LogP contribution < -0.4 is 20.1 Å². The lowest BCUT2D eigenvalue weighted by atomic mass is 10.1. The molecule has 43 heavy (non-hydrogen) atoms. The summed E-state index contributed by atoms with van der Waals surface area (Å²) < 4.78 is 21.8. The van der Waals surface area contributed by atoms with Gasteiger partial charge >= 0.3 is 12.1 Å². The summed E-state index contributed by atoms with van der Waals surface area (Å²) >= 11 is 0. The highest BCUT2D eigenvalue weighted by molar-refractivity contribution is 6.01. The largest absolute Gasteiger partial charge is 0.489 e. The van der Waals surface area contributed by atoms with Gasteiger partial charge in [-0.05, 0) is 92.6 Å². The number of benzene rings is 4. The van der Waals surface area contributed by atoms with Crippen LogP contribution in [0.3, 0.4) is 0 Å². The third-order valence-electron chi connectivity index (χ3n) is 5.96. The fourth-order valence-corrected chi connectivity index (χ4v) is 3.95. The van der Waals surface area contributed by atoms with Crippen molar-refractivity contribution in [2.75, 3.05) is 17.7 Å². The van der Waals surface area contributed by atoms with Crippen LogP contribution in [0.4, 0.5) is 16.2 Å². The van der Waals surface area contributed by atoms with Crippen molar-refractivity contribution in [1.82, 2.24) is 0 Å². The van der Waals surface area contributed by atoms with Crippen molar-refractivity contribution in [2.24, 2.45) is 0 Å². The number of rotatable bonds is 10. The van der Waals surface area contributed by atoms with Crippen LogP contribution in [0.2, 0.25) is 0 Å². The van der Waals surface area contributed by atoms with Crippen molar-refractivity contribution in [3.8, 4) is 17.2 Å². The number of hydrogen-bond donors (Lipinski definition) is 2. The molecule has 9 heteroatoms. The normalized spacial score (nSPS) is 10.8. The maximum atomic E-state index is 12.6. The second-order valence-electron chi connectivity index (χ2n) is 10.6. The van der Waals surface area contributed by atoms with Gasteiger partial charge in [-0.15, -0.1) is 0 Å². The van der Waals surface area contributed by atoms with E-state index >= 15 is 0 Å². The van der Waals surface area contributed by atoms with Crippen LogP contribution in [0.25, 0.3) is 0 Å². The maximum absolute atomic E-state index is 12.6. The minimum absolute atomic E-state index is 0.130. The lowest BCUT2D eigenvalue weighted by Crippen LogP contribution is -2.27. The molecule has 4 aromatic rings. The molecule has 0 saturated carbocycles. The molecule has 0 atom stereocenters. The number of carbonyl (C=O) groups excluding carboxylic acids is 3. The van der Waals surface area contributed by atoms with Gasteiger partial charge in [0.2, 0.25) is 5.91 Å². The molecule has 4 aromatic carbocycles. The second kappa shape index (κ2) is 14.0. The molecule has 4 rings (SSSR count). The first-order valence-electron chi connectivity index (χ1n) is 13.6. The zero-order valence-electron chi connectivity index (χ0n) is 24.5. The van der Waals surface area contributed by atoms with E-state index in [9.17, 15) is 14.4 Å². The van der Waals surface area contributed by atoms with Gasteiger partial charge in [-0.3, -0.25) is 10.1 Å². The van der Waals surface area contributed by atoms with Crippen molar-refractivity contribution >= 4 is 29.3 Å². The highest BCUT2D eigenvalue weighted by Crippen LogP contribution is 2.25. The minimum atomic E-state index is -0.563. The van der Waals surface area contributed by atoms with Gasteiger partial charge in [-0.25, -0.2) is 9.59 Å². The summed E-state index contributed by atoms with van der Waals surface area (Å²) in [5.41, 5.74) is 2.50. The van der Waals surface area contributed by atoms with Gasteiger partial charge < -0.3 is 24.3 Å². The van der Waals surface area contributed by atoms with Crippen LogP contribution in [0.15, 0.2) is 97.1 Å². The molecule has 0 heterocycles. The number of nitrogens with one attached hydrogen (secondary N) is 2. The zero-order valence-corrected chi connectivity index (χ0v) is 24.5. The second-order valence-corrected chi connectivity index (χ2v) is 10.6. The van der Waals surface area contributed by atoms with Gasteiger partial charge in [-0.1, -0.05) is 36.4 Å². The van der Waals surface area contributed by atoms with Crippen molar-refractivity contribution in [2.45, 2.75) is 39.4 Å². The molecule has 0 aliphatic heterocycles. The molecule has 2 amide bonds. The van der Waals surface area contributed by atoms with Crippen LogP contribution in [0.1, 0.15) is 42.3 Å². The van der Waals surface area contributed by atoms with Crippen LogP contribution in [0.5, 0.6) is 17.2 Å². The highest BCUT2D eigenvalue weighted by Gasteiger charge is 2.16. The predicted octanol–water partition coefficient (Wildman–Crippen LogP) is 7.37. The Morgan fingerprint density at radius 2 is 1.28 bits per heavy atom. The standard InChI is InChI=1S/C34H34N2O7/c1-34(2,3)43-33(39)35-25-13-9-24(10-14-25)22-41-26-17-19-28(20-18-26)42-27-15-11-23(12-16-27)21-31(37)36-30-8-6-5-7-29(30)32(38)40-4/h5-20H,21-22H2,1-4H3,(H,35,39)(H,36,37). The molecule has 0 bridgehead atoms. The summed E-state index contributed by atoms with van der Waals surface area (Å²) in [5.74, 6) is 1.16. The van der Waals surface area contributed by atoms with E-state index in [4.69, 9.17) is 18.9 Å². The summed E-state index contributed by atoms with van der Waals surface area (Å²) in [6.07, 6.45) is -0.372. The minimum Gasteiger partial charge on any atom is -0.489 e. The summed E-state index contributed by atoms with van der Waals surface area (Å²) in [5, 5.41) is 5.47. The van der Waals surface area contributed by atoms with Gasteiger partial charge in [-0.2, -0.15) is 0 Å². The van der Waals surface area contributed by atoms with E-state index in [1.807, 2.05) is 69.3 Å². The Labute approximate surface area is 250 Å². The number of anilines is 2. The van der Waals surface area contributed by atoms with E-state index in [0.717, 1.165) is 11.1 Å². The van der Waals surface area contributed by atoms with Crippen LogP contribution in [0, 0.1) is 0 Å². The van der Waals surface area contributed by atoms with Crippen LogP contribution in [-0.2, 0) is 27.3 Å². The zero-order chi connectivity index (χ0) is 30.8. The Bertz CT molecular complexity index is 1540. The van der Waals surface area contributed by atoms with E-state index in [1.165, 1.54) is 7.11 Å². The fraction of sp³-hybridized carbons (Fsp3) is 0.206. The Morgan fingerprint density at radius 1 is 0.698 bits per heavy atom. The Hall–Kier alpha value is -5.31. The number of carbonyl (C=O) groups is 3. The molecule has 0 aliphatic rings. The number of methoxy groups -OCH3 is 1. The first-order valence-corrected chi connectivity index (χ1v) is 13.6.